The highest BCUT2D eigenvalue weighted by molar-refractivity contribution is 6.32. The van der Waals surface area contributed by atoms with Gasteiger partial charge >= 0.3 is 0 Å². The van der Waals surface area contributed by atoms with E-state index in [0.717, 1.165) is 11.1 Å². The molecule has 0 atom stereocenters. The first-order valence-corrected chi connectivity index (χ1v) is 7.68. The summed E-state index contributed by atoms with van der Waals surface area (Å²) in [6.45, 7) is 0.482. The van der Waals surface area contributed by atoms with Crippen LogP contribution in [0, 0.1) is 0 Å². The molecule has 122 valence electrons. The molecular weight excluding hydrogens is 328 g/mol. The number of nitrogens with zero attached hydrogens (tertiary/aromatic N) is 3. The van der Waals surface area contributed by atoms with E-state index in [4.69, 9.17) is 17.3 Å². The monoisotopic (exact) mass is 342 g/mol. The van der Waals surface area contributed by atoms with E-state index in [9.17, 15) is 4.79 Å². The Hall–Kier alpha value is -2.93. The zero-order valence-corrected chi connectivity index (χ0v) is 13.4. The number of nitrogen functional groups attached to an aromatic ring is 1. The summed E-state index contributed by atoms with van der Waals surface area (Å²) < 4.78 is 0. The number of hydrogen-bond donors (Lipinski definition) is 3. The van der Waals surface area contributed by atoms with Crippen molar-refractivity contribution < 1.29 is 4.79 Å². The first kappa shape index (κ1) is 15.9. The second kappa shape index (κ2) is 7.10. The first-order valence-electron chi connectivity index (χ1n) is 7.30. The standard InChI is InChI=1S/C16H15ClN6O/c17-11-8-10(9-21-13(11)18)4-1-2-6-20-16(24)15-22-12-5-3-7-19-14(12)23-15/h1,3-5,7-9H,2,6H2,(H2,18,21)(H,20,24)(H,19,22,23)/b4-1+. The minimum atomic E-state index is -0.265. The van der Waals surface area contributed by atoms with Gasteiger partial charge in [-0.2, -0.15) is 0 Å². The van der Waals surface area contributed by atoms with Gasteiger partial charge in [-0.3, -0.25) is 4.79 Å². The van der Waals surface area contributed by atoms with Crippen molar-refractivity contribution in [2.75, 3.05) is 12.3 Å². The Labute approximate surface area is 143 Å². The Bertz CT molecular complexity index is 871. The van der Waals surface area contributed by atoms with Crippen LogP contribution in [-0.4, -0.2) is 32.4 Å². The number of nitrogens with one attached hydrogen (secondary N) is 2. The molecule has 3 aromatic rings. The number of nitrogens with two attached hydrogens (primary N) is 1. The fraction of sp³-hybridized carbons (Fsp3) is 0.125. The third kappa shape index (κ3) is 3.69. The van der Waals surface area contributed by atoms with Crippen LogP contribution in [0.1, 0.15) is 22.6 Å². The number of H-pyrrole nitrogens is 1. The van der Waals surface area contributed by atoms with Crippen molar-refractivity contribution in [2.45, 2.75) is 6.42 Å². The molecule has 0 fully saturated rings. The molecule has 7 nitrogen and oxygen atoms in total. The zero-order chi connectivity index (χ0) is 16.9. The second-order valence-corrected chi connectivity index (χ2v) is 5.45. The van der Waals surface area contributed by atoms with Gasteiger partial charge in [-0.1, -0.05) is 23.8 Å². The number of rotatable bonds is 5. The normalized spacial score (nSPS) is 11.2. The molecule has 0 spiro atoms. The lowest BCUT2D eigenvalue weighted by Crippen LogP contribution is -2.25. The maximum absolute atomic E-state index is 12.0. The van der Waals surface area contributed by atoms with Crippen molar-refractivity contribution in [3.8, 4) is 0 Å². The number of amides is 1. The number of imidazole rings is 1. The highest BCUT2D eigenvalue weighted by Crippen LogP contribution is 2.17. The number of anilines is 1. The van der Waals surface area contributed by atoms with Crippen molar-refractivity contribution in [2.24, 2.45) is 0 Å². The van der Waals surface area contributed by atoms with Gasteiger partial charge < -0.3 is 16.0 Å². The van der Waals surface area contributed by atoms with Gasteiger partial charge in [-0.05, 0) is 30.2 Å². The number of fused-ring (bicyclic) bond motifs is 1. The Balaban J connectivity index is 1.51. The average Bonchev–Trinajstić information content (AvgIpc) is 3.02. The number of halogens is 1. The fourth-order valence-corrected chi connectivity index (χ4v) is 2.25. The Morgan fingerprint density at radius 2 is 2.29 bits per heavy atom. The molecule has 0 saturated heterocycles. The van der Waals surface area contributed by atoms with Crippen LogP contribution in [0.4, 0.5) is 5.82 Å². The van der Waals surface area contributed by atoms with Crippen LogP contribution in [0.15, 0.2) is 36.7 Å². The van der Waals surface area contributed by atoms with Gasteiger partial charge in [0.25, 0.3) is 5.91 Å². The molecule has 0 aromatic carbocycles. The van der Waals surface area contributed by atoms with Gasteiger partial charge in [-0.15, -0.1) is 0 Å². The van der Waals surface area contributed by atoms with Gasteiger partial charge in [0.1, 0.15) is 5.82 Å². The molecule has 3 rings (SSSR count). The van der Waals surface area contributed by atoms with Crippen LogP contribution in [0.2, 0.25) is 5.02 Å². The van der Waals surface area contributed by atoms with E-state index in [1.54, 1.807) is 24.5 Å². The second-order valence-electron chi connectivity index (χ2n) is 5.04. The van der Waals surface area contributed by atoms with Gasteiger partial charge in [0.2, 0.25) is 0 Å². The molecule has 24 heavy (non-hydrogen) atoms. The fourth-order valence-electron chi connectivity index (χ4n) is 2.08. The van der Waals surface area contributed by atoms with E-state index in [1.165, 1.54) is 0 Å². The van der Waals surface area contributed by atoms with Gasteiger partial charge in [0.15, 0.2) is 11.5 Å². The number of aromatic nitrogens is 4. The predicted molar refractivity (Wildman–Crippen MR) is 93.5 cm³/mol. The minimum Gasteiger partial charge on any atom is -0.382 e. The van der Waals surface area contributed by atoms with E-state index >= 15 is 0 Å². The average molecular weight is 343 g/mol. The molecule has 8 heteroatoms. The van der Waals surface area contributed by atoms with E-state index < -0.39 is 0 Å². The van der Waals surface area contributed by atoms with Crippen molar-refractivity contribution >= 4 is 40.6 Å². The van der Waals surface area contributed by atoms with E-state index in [-0.39, 0.29) is 11.7 Å². The number of pyridine rings is 2. The van der Waals surface area contributed by atoms with Gasteiger partial charge in [-0.25, -0.2) is 15.0 Å². The lowest BCUT2D eigenvalue weighted by atomic mass is 10.2. The lowest BCUT2D eigenvalue weighted by molar-refractivity contribution is 0.0945. The van der Waals surface area contributed by atoms with Crippen molar-refractivity contribution in [1.29, 1.82) is 0 Å². The molecular formula is C16H15ClN6O. The summed E-state index contributed by atoms with van der Waals surface area (Å²) in [6, 6.07) is 5.34. The quantitative estimate of drug-likeness (QED) is 0.617. The molecule has 0 aliphatic heterocycles. The highest BCUT2D eigenvalue weighted by Gasteiger charge is 2.10. The minimum absolute atomic E-state index is 0.252. The van der Waals surface area contributed by atoms with E-state index in [0.29, 0.717) is 29.5 Å². The predicted octanol–water partition coefficient (Wildman–Crippen LogP) is 2.42. The van der Waals surface area contributed by atoms with Crippen LogP contribution < -0.4 is 11.1 Å². The molecule has 0 radical (unpaired) electrons. The maximum Gasteiger partial charge on any atom is 0.287 e. The topological polar surface area (TPSA) is 110 Å². The Morgan fingerprint density at radius 1 is 1.42 bits per heavy atom. The number of hydrogen-bond acceptors (Lipinski definition) is 5. The van der Waals surface area contributed by atoms with Crippen molar-refractivity contribution in [3.63, 3.8) is 0 Å². The molecule has 1 amide bonds. The summed E-state index contributed by atoms with van der Waals surface area (Å²) in [5.41, 5.74) is 7.66. The lowest BCUT2D eigenvalue weighted by Gasteiger charge is -2.00. The maximum atomic E-state index is 12.0. The number of carbonyl (C=O) groups is 1. The molecule has 3 aromatic heterocycles. The smallest absolute Gasteiger partial charge is 0.287 e. The summed E-state index contributed by atoms with van der Waals surface area (Å²) >= 11 is 5.90. The van der Waals surface area contributed by atoms with E-state index in [2.05, 4.69) is 25.3 Å². The van der Waals surface area contributed by atoms with Crippen LogP contribution in [0.25, 0.3) is 17.2 Å². The summed E-state index contributed by atoms with van der Waals surface area (Å²) in [6.07, 6.45) is 7.72. The van der Waals surface area contributed by atoms with Crippen LogP contribution in [0.5, 0.6) is 0 Å². The largest absolute Gasteiger partial charge is 0.382 e. The molecule has 0 unspecified atom stereocenters. The van der Waals surface area contributed by atoms with Crippen LogP contribution in [0.3, 0.4) is 0 Å². The molecule has 0 bridgehead atoms. The summed E-state index contributed by atoms with van der Waals surface area (Å²) in [5, 5.41) is 3.21. The summed E-state index contributed by atoms with van der Waals surface area (Å²) in [7, 11) is 0. The van der Waals surface area contributed by atoms with Crippen molar-refractivity contribution in [3.05, 3.63) is 53.1 Å². The third-order valence-electron chi connectivity index (χ3n) is 3.27. The molecule has 0 aliphatic carbocycles. The number of carbonyl (C=O) groups excluding carboxylic acids is 1. The molecule has 3 heterocycles. The highest BCUT2D eigenvalue weighted by atomic mass is 35.5. The molecule has 0 aliphatic rings. The van der Waals surface area contributed by atoms with Gasteiger partial charge in [0.05, 0.1) is 10.5 Å². The zero-order valence-electron chi connectivity index (χ0n) is 12.7. The van der Waals surface area contributed by atoms with E-state index in [1.807, 2.05) is 18.2 Å². The van der Waals surface area contributed by atoms with Crippen LogP contribution >= 0.6 is 11.6 Å². The Morgan fingerprint density at radius 3 is 3.08 bits per heavy atom. The summed E-state index contributed by atoms with van der Waals surface area (Å²) in [4.78, 5) is 27.2. The van der Waals surface area contributed by atoms with Crippen molar-refractivity contribution in [1.82, 2.24) is 25.3 Å². The summed E-state index contributed by atoms with van der Waals surface area (Å²) in [5.74, 6) is 0.294. The Kier molecular flexibility index (Phi) is 4.72. The number of aromatic amines is 1. The molecule has 4 N–H and O–H groups in total. The third-order valence-corrected chi connectivity index (χ3v) is 3.57. The van der Waals surface area contributed by atoms with Gasteiger partial charge in [0, 0.05) is 18.9 Å². The van der Waals surface area contributed by atoms with Crippen LogP contribution in [-0.2, 0) is 0 Å². The molecule has 0 saturated carbocycles. The first-order chi connectivity index (χ1) is 11.6. The SMILES string of the molecule is Nc1ncc(/C=C/CCNC(=O)c2nc3ncccc3[nH]2)cc1Cl.